The Morgan fingerprint density at radius 3 is 2.75 bits per heavy atom. The lowest BCUT2D eigenvalue weighted by atomic mass is 9.93. The molecule has 3 aliphatic heterocycles. The molecule has 2 aromatic heterocycles. The van der Waals surface area contributed by atoms with Crippen molar-refractivity contribution < 1.29 is 23.5 Å². The van der Waals surface area contributed by atoms with Crippen LogP contribution in [0.15, 0.2) is 72.8 Å². The van der Waals surface area contributed by atoms with Crippen molar-refractivity contribution in [1.82, 2.24) is 19.4 Å². The van der Waals surface area contributed by atoms with Crippen LogP contribution in [0.1, 0.15) is 64.2 Å². The van der Waals surface area contributed by atoms with Crippen molar-refractivity contribution in [3.8, 4) is 5.88 Å². The molecular formula is C41H38ClFN6O4. The van der Waals surface area contributed by atoms with Gasteiger partial charge in [0.15, 0.2) is 0 Å². The maximum Gasteiger partial charge on any atom is 0.255 e. The number of carbonyl (C=O) groups is 2. The van der Waals surface area contributed by atoms with Crippen LogP contribution in [0.4, 0.5) is 15.8 Å². The normalized spacial score (nSPS) is 18.7. The van der Waals surface area contributed by atoms with Crippen LogP contribution in [0, 0.1) is 12.7 Å². The average Bonchev–Trinajstić information content (AvgIpc) is 3.81. The number of ether oxygens (including phenoxy) is 2. The molecule has 1 saturated carbocycles. The predicted molar refractivity (Wildman–Crippen MR) is 201 cm³/mol. The zero-order valence-corrected chi connectivity index (χ0v) is 30.0. The number of nitrogens with one attached hydrogen (secondary N) is 2. The Morgan fingerprint density at radius 1 is 1.13 bits per heavy atom. The van der Waals surface area contributed by atoms with Gasteiger partial charge in [0.25, 0.3) is 5.91 Å². The quantitative estimate of drug-likeness (QED) is 0.154. The molecule has 12 heteroatoms. The third kappa shape index (κ3) is 6.47. The molecule has 0 bridgehead atoms. The minimum Gasteiger partial charge on any atom is -0.473 e. The number of halogens is 2. The van der Waals surface area contributed by atoms with Gasteiger partial charge in [-0.3, -0.25) is 14.5 Å². The number of pyridine rings is 1. The second-order valence-electron chi connectivity index (χ2n) is 14.4. The van der Waals surface area contributed by atoms with Crippen molar-refractivity contribution >= 4 is 51.4 Å². The summed E-state index contributed by atoms with van der Waals surface area (Å²) < 4.78 is 28.1. The fraction of sp³-hybridized carbons (Fsp3) is 0.317. The maximum atomic E-state index is 14.2. The summed E-state index contributed by atoms with van der Waals surface area (Å²) in [5.74, 6) is 0.795. The summed E-state index contributed by atoms with van der Waals surface area (Å²) in [6, 6.07) is 19.8. The highest BCUT2D eigenvalue weighted by Gasteiger charge is 2.56. The SMILES string of the molecule is Cc1cc(C(=O)Nc2ccc3c(c2)nc(CN2CC=C(c4cccc(OCc5ccc(Cl)cc5F)n4)CC2)n3C[C@@H]2CCO2)cc2c1NC(=O)C21CC1. The number of rotatable bonds is 10. The zero-order valence-electron chi connectivity index (χ0n) is 29.3. The lowest BCUT2D eigenvalue weighted by molar-refractivity contribution is -0.117. The lowest BCUT2D eigenvalue weighted by Gasteiger charge is -2.29. The number of nitrogens with zero attached hydrogens (tertiary/aromatic N) is 4. The summed E-state index contributed by atoms with van der Waals surface area (Å²) >= 11 is 5.88. The van der Waals surface area contributed by atoms with Crippen LogP contribution in [-0.2, 0) is 34.6 Å². The lowest BCUT2D eigenvalue weighted by Crippen LogP contribution is -2.33. The van der Waals surface area contributed by atoms with Crippen molar-refractivity contribution in [2.24, 2.45) is 0 Å². The van der Waals surface area contributed by atoms with E-state index in [0.29, 0.717) is 40.8 Å². The second kappa shape index (κ2) is 13.4. The van der Waals surface area contributed by atoms with Crippen molar-refractivity contribution in [1.29, 1.82) is 0 Å². The highest BCUT2D eigenvalue weighted by Crippen LogP contribution is 2.56. The number of fused-ring (bicyclic) bond motifs is 3. The van der Waals surface area contributed by atoms with E-state index in [9.17, 15) is 14.0 Å². The third-order valence-corrected chi connectivity index (χ3v) is 11.1. The molecule has 2 fully saturated rings. The Labute approximate surface area is 311 Å². The van der Waals surface area contributed by atoms with Gasteiger partial charge in [-0.05, 0) is 97.8 Å². The largest absolute Gasteiger partial charge is 0.473 e. The first-order chi connectivity index (χ1) is 25.7. The van der Waals surface area contributed by atoms with E-state index in [0.717, 1.165) is 90.3 Å². The molecule has 5 aromatic rings. The summed E-state index contributed by atoms with van der Waals surface area (Å²) in [7, 11) is 0. The zero-order chi connectivity index (χ0) is 36.3. The Bertz CT molecular complexity index is 2330. The molecule has 1 saturated heterocycles. The molecule has 1 atom stereocenters. The number of aryl methyl sites for hydroxylation is 1. The van der Waals surface area contributed by atoms with Crippen molar-refractivity contribution in [3.05, 3.63) is 117 Å². The molecule has 3 aromatic carbocycles. The van der Waals surface area contributed by atoms with Gasteiger partial charge in [-0.1, -0.05) is 29.8 Å². The molecule has 53 heavy (non-hydrogen) atoms. The molecule has 9 rings (SSSR count). The smallest absolute Gasteiger partial charge is 0.255 e. The van der Waals surface area contributed by atoms with Crippen LogP contribution >= 0.6 is 11.6 Å². The summed E-state index contributed by atoms with van der Waals surface area (Å²) in [6.07, 6.45) is 5.79. The fourth-order valence-corrected chi connectivity index (χ4v) is 7.77. The summed E-state index contributed by atoms with van der Waals surface area (Å²) in [5.41, 5.74) is 7.61. The average molecular weight is 733 g/mol. The molecule has 1 aliphatic carbocycles. The van der Waals surface area contributed by atoms with Crippen LogP contribution in [-0.4, -0.2) is 57.0 Å². The van der Waals surface area contributed by atoms with Crippen LogP contribution in [0.2, 0.25) is 5.02 Å². The van der Waals surface area contributed by atoms with Gasteiger partial charge in [0.2, 0.25) is 11.8 Å². The molecule has 0 radical (unpaired) electrons. The molecule has 4 aliphatic rings. The van der Waals surface area contributed by atoms with Crippen LogP contribution < -0.4 is 15.4 Å². The second-order valence-corrected chi connectivity index (χ2v) is 14.9. The summed E-state index contributed by atoms with van der Waals surface area (Å²) in [6.45, 7) is 5.68. The molecule has 2 amide bonds. The molecular weight excluding hydrogens is 695 g/mol. The van der Waals surface area contributed by atoms with E-state index in [2.05, 4.69) is 26.2 Å². The highest BCUT2D eigenvalue weighted by atomic mass is 35.5. The van der Waals surface area contributed by atoms with Crippen molar-refractivity contribution in [2.45, 2.75) is 63.8 Å². The van der Waals surface area contributed by atoms with E-state index in [-0.39, 0.29) is 24.5 Å². The van der Waals surface area contributed by atoms with Gasteiger partial charge in [0.1, 0.15) is 18.2 Å². The van der Waals surface area contributed by atoms with Gasteiger partial charge in [-0.2, -0.15) is 0 Å². The minimum absolute atomic E-state index is 0.0389. The molecule has 10 nitrogen and oxygen atoms in total. The fourth-order valence-electron chi connectivity index (χ4n) is 7.61. The number of hydrogen-bond acceptors (Lipinski definition) is 7. The first-order valence-electron chi connectivity index (χ1n) is 18.1. The first kappa shape index (κ1) is 33.7. The molecule has 270 valence electrons. The predicted octanol–water partition coefficient (Wildman–Crippen LogP) is 7.43. The Balaban J connectivity index is 0.897. The van der Waals surface area contributed by atoms with Crippen LogP contribution in [0.25, 0.3) is 16.6 Å². The molecule has 2 N–H and O–H groups in total. The number of carbonyl (C=O) groups excluding carboxylic acids is 2. The van der Waals surface area contributed by atoms with Gasteiger partial charge in [0, 0.05) is 53.3 Å². The molecule has 1 spiro atoms. The van der Waals surface area contributed by atoms with E-state index in [1.54, 1.807) is 18.2 Å². The van der Waals surface area contributed by atoms with Crippen molar-refractivity contribution in [2.75, 3.05) is 30.3 Å². The number of amides is 2. The molecule has 0 unspecified atom stereocenters. The van der Waals surface area contributed by atoms with Crippen LogP contribution in [0.3, 0.4) is 0 Å². The van der Waals surface area contributed by atoms with E-state index in [1.165, 1.54) is 6.07 Å². The Hall–Kier alpha value is -5.10. The Kier molecular flexibility index (Phi) is 8.52. The number of anilines is 2. The van der Waals surface area contributed by atoms with Gasteiger partial charge >= 0.3 is 0 Å². The van der Waals surface area contributed by atoms with Gasteiger partial charge in [0.05, 0.1) is 41.3 Å². The van der Waals surface area contributed by atoms with E-state index < -0.39 is 11.2 Å². The third-order valence-electron chi connectivity index (χ3n) is 10.9. The number of hydrogen-bond donors (Lipinski definition) is 2. The summed E-state index contributed by atoms with van der Waals surface area (Å²) in [4.78, 5) is 38.3. The van der Waals surface area contributed by atoms with E-state index >= 15 is 0 Å². The maximum absolute atomic E-state index is 14.2. The van der Waals surface area contributed by atoms with Gasteiger partial charge in [-0.15, -0.1) is 0 Å². The number of aromatic nitrogens is 3. The number of benzene rings is 3. The molecule has 5 heterocycles. The number of imidazole rings is 1. The first-order valence-corrected chi connectivity index (χ1v) is 18.4. The van der Waals surface area contributed by atoms with Crippen molar-refractivity contribution in [3.63, 3.8) is 0 Å². The Morgan fingerprint density at radius 2 is 2.00 bits per heavy atom. The highest BCUT2D eigenvalue weighted by molar-refractivity contribution is 6.30. The van der Waals surface area contributed by atoms with E-state index in [1.807, 2.05) is 49.4 Å². The summed E-state index contributed by atoms with van der Waals surface area (Å²) in [5, 5.41) is 6.44. The van der Waals surface area contributed by atoms with E-state index in [4.69, 9.17) is 31.0 Å². The minimum atomic E-state index is -0.465. The van der Waals surface area contributed by atoms with Gasteiger partial charge in [-0.25, -0.2) is 14.4 Å². The monoisotopic (exact) mass is 732 g/mol. The van der Waals surface area contributed by atoms with Crippen LogP contribution in [0.5, 0.6) is 5.88 Å². The topological polar surface area (TPSA) is 111 Å². The van der Waals surface area contributed by atoms with Gasteiger partial charge < -0.3 is 24.7 Å². The standard InChI is InChI=1S/C41H38ClFN6O4/c1-24-17-27(18-31-38(24)47-40(51)41(31)12-13-41)39(50)44-29-7-8-35-34(20-29)45-36(49(35)21-30-11-16-52-30)22-48-14-9-25(10-15-48)33-3-2-4-37(46-33)53-23-26-5-6-28(42)19-32(26)43/h2-9,17-20,30H,10-16,21-23H2,1H3,(H,44,50)(H,47,51)/t30-/m0/s1.